The molecule has 1 heterocycles. The molecule has 0 radical (unpaired) electrons. The summed E-state index contributed by atoms with van der Waals surface area (Å²) in [5, 5.41) is 15.7. The highest BCUT2D eigenvalue weighted by atomic mass is 16.3. The van der Waals surface area contributed by atoms with Gasteiger partial charge in [-0.3, -0.25) is 4.79 Å². The van der Waals surface area contributed by atoms with Crippen molar-refractivity contribution in [3.05, 3.63) is 17.7 Å². The van der Waals surface area contributed by atoms with E-state index in [0.29, 0.717) is 18.7 Å². The molecule has 0 aliphatic carbocycles. The van der Waals surface area contributed by atoms with Crippen molar-refractivity contribution in [3.8, 4) is 0 Å². The minimum Gasteiger partial charge on any atom is -0.397 e. The van der Waals surface area contributed by atoms with Crippen molar-refractivity contribution in [2.24, 2.45) is 0 Å². The van der Waals surface area contributed by atoms with Crippen molar-refractivity contribution in [3.63, 3.8) is 0 Å². The molecule has 0 aromatic heterocycles. The average molecular weight is 263 g/mol. The summed E-state index contributed by atoms with van der Waals surface area (Å²) in [6.07, 6.45) is 2.56. The number of anilines is 3. The number of fused-ring (bicyclic) bond motifs is 1. The first-order valence-corrected chi connectivity index (χ1v) is 6.74. The van der Waals surface area contributed by atoms with Crippen LogP contribution in [0.15, 0.2) is 12.1 Å². The van der Waals surface area contributed by atoms with Gasteiger partial charge in [-0.15, -0.1) is 0 Å². The van der Waals surface area contributed by atoms with Gasteiger partial charge in [0.1, 0.15) is 0 Å². The number of nitrogen functional groups attached to an aromatic ring is 1. The molecule has 0 spiro atoms. The summed E-state index contributed by atoms with van der Waals surface area (Å²) in [6, 6.07) is 3.74. The van der Waals surface area contributed by atoms with Gasteiger partial charge >= 0.3 is 0 Å². The number of benzene rings is 1. The van der Waals surface area contributed by atoms with Gasteiger partial charge in [0.15, 0.2) is 0 Å². The highest BCUT2D eigenvalue weighted by Crippen LogP contribution is 2.31. The van der Waals surface area contributed by atoms with Crippen LogP contribution in [0.4, 0.5) is 17.1 Å². The number of hydrogen-bond acceptors (Lipinski definition) is 4. The van der Waals surface area contributed by atoms with Crippen LogP contribution in [0.5, 0.6) is 0 Å². The predicted molar refractivity (Wildman–Crippen MR) is 77.2 cm³/mol. The summed E-state index contributed by atoms with van der Waals surface area (Å²) in [6.45, 7) is 2.50. The number of rotatable bonds is 5. The van der Waals surface area contributed by atoms with E-state index in [1.54, 1.807) is 0 Å². The van der Waals surface area contributed by atoms with Gasteiger partial charge in [-0.2, -0.15) is 0 Å². The minimum absolute atomic E-state index is 0.0363. The number of hydrogen-bond donors (Lipinski definition) is 4. The number of amides is 1. The molecule has 104 valence electrons. The largest absolute Gasteiger partial charge is 0.397 e. The highest BCUT2D eigenvalue weighted by Gasteiger charge is 2.16. The van der Waals surface area contributed by atoms with Crippen molar-refractivity contribution in [2.75, 3.05) is 22.9 Å². The lowest BCUT2D eigenvalue weighted by Crippen LogP contribution is -2.22. The molecule has 5 heteroatoms. The van der Waals surface area contributed by atoms with E-state index in [1.807, 2.05) is 19.1 Å². The summed E-state index contributed by atoms with van der Waals surface area (Å²) in [7, 11) is 0. The predicted octanol–water partition coefficient (Wildman–Crippen LogP) is 1.73. The maximum atomic E-state index is 11.4. The molecule has 1 aliphatic rings. The smallest absolute Gasteiger partial charge is 0.224 e. The fourth-order valence-electron chi connectivity index (χ4n) is 2.26. The number of carbonyl (C=O) groups is 1. The van der Waals surface area contributed by atoms with Crippen molar-refractivity contribution in [1.82, 2.24) is 0 Å². The number of carbonyl (C=O) groups excluding carboxylic acids is 1. The second-order valence-corrected chi connectivity index (χ2v) is 4.97. The van der Waals surface area contributed by atoms with E-state index in [4.69, 9.17) is 5.73 Å². The molecule has 1 unspecified atom stereocenters. The summed E-state index contributed by atoms with van der Waals surface area (Å²) in [5.74, 6) is 0.0363. The molecule has 0 bridgehead atoms. The number of aryl methyl sites for hydroxylation is 1. The third-order valence-corrected chi connectivity index (χ3v) is 3.32. The summed E-state index contributed by atoms with van der Waals surface area (Å²) in [4.78, 5) is 11.4. The van der Waals surface area contributed by atoms with Crippen molar-refractivity contribution < 1.29 is 9.90 Å². The van der Waals surface area contributed by atoms with Crippen molar-refractivity contribution in [2.45, 2.75) is 38.7 Å². The maximum absolute atomic E-state index is 11.4. The van der Waals surface area contributed by atoms with Crippen molar-refractivity contribution in [1.29, 1.82) is 0 Å². The summed E-state index contributed by atoms with van der Waals surface area (Å²) in [5.41, 5.74) is 9.28. The van der Waals surface area contributed by atoms with Gasteiger partial charge in [0.25, 0.3) is 0 Å². The Kier molecular flexibility index (Phi) is 4.27. The first kappa shape index (κ1) is 13.7. The highest BCUT2D eigenvalue weighted by molar-refractivity contribution is 5.95. The zero-order valence-electron chi connectivity index (χ0n) is 11.2. The summed E-state index contributed by atoms with van der Waals surface area (Å²) < 4.78 is 0. The van der Waals surface area contributed by atoms with Crippen molar-refractivity contribution >= 4 is 23.0 Å². The molecule has 0 saturated heterocycles. The topological polar surface area (TPSA) is 87.4 Å². The van der Waals surface area contributed by atoms with Gasteiger partial charge in [-0.25, -0.2) is 0 Å². The van der Waals surface area contributed by atoms with Crippen LogP contribution < -0.4 is 16.4 Å². The summed E-state index contributed by atoms with van der Waals surface area (Å²) >= 11 is 0. The third kappa shape index (κ3) is 3.38. The second-order valence-electron chi connectivity index (χ2n) is 4.97. The van der Waals surface area contributed by atoms with Gasteiger partial charge in [0.2, 0.25) is 5.91 Å². The lowest BCUT2D eigenvalue weighted by atomic mass is 10.0. The van der Waals surface area contributed by atoms with Gasteiger partial charge < -0.3 is 21.5 Å². The van der Waals surface area contributed by atoms with Crippen LogP contribution in [0.1, 0.15) is 31.7 Å². The SMILES string of the molecule is CCCC(O)CNc1cc2c(cc1N)CCC(=O)N2. The van der Waals surface area contributed by atoms with Gasteiger partial charge in [0, 0.05) is 18.7 Å². The van der Waals surface area contributed by atoms with Gasteiger partial charge in [0.05, 0.1) is 17.5 Å². The minimum atomic E-state index is -0.380. The monoisotopic (exact) mass is 263 g/mol. The van der Waals surface area contributed by atoms with Gasteiger partial charge in [-0.05, 0) is 30.5 Å². The Hall–Kier alpha value is -1.75. The van der Waals surface area contributed by atoms with Crippen LogP contribution in [0.3, 0.4) is 0 Å². The Morgan fingerprint density at radius 3 is 3.00 bits per heavy atom. The van der Waals surface area contributed by atoms with Crippen LogP contribution in [-0.4, -0.2) is 23.7 Å². The standard InChI is InChI=1S/C14H21N3O2/c1-2-3-10(18)8-16-13-7-12-9(6-11(13)15)4-5-14(19)17-12/h6-7,10,16,18H,2-5,8,15H2,1H3,(H,17,19). The quantitative estimate of drug-likeness (QED) is 0.609. The number of aliphatic hydroxyl groups is 1. The Morgan fingerprint density at radius 1 is 1.47 bits per heavy atom. The third-order valence-electron chi connectivity index (χ3n) is 3.32. The first-order chi connectivity index (χ1) is 9.10. The van der Waals surface area contributed by atoms with Crippen LogP contribution in [-0.2, 0) is 11.2 Å². The molecule has 19 heavy (non-hydrogen) atoms. The molecule has 1 atom stereocenters. The number of nitrogens with two attached hydrogens (primary N) is 1. The van der Waals surface area contributed by atoms with E-state index in [0.717, 1.165) is 36.2 Å². The average Bonchev–Trinajstić information content (AvgIpc) is 2.37. The molecule has 1 aliphatic heterocycles. The Morgan fingerprint density at radius 2 is 2.26 bits per heavy atom. The number of aliphatic hydroxyl groups excluding tert-OH is 1. The fourth-order valence-corrected chi connectivity index (χ4v) is 2.26. The number of nitrogens with one attached hydrogen (secondary N) is 2. The Balaban J connectivity index is 2.08. The lowest BCUT2D eigenvalue weighted by Gasteiger charge is -2.20. The van der Waals surface area contributed by atoms with Gasteiger partial charge in [-0.1, -0.05) is 13.3 Å². The first-order valence-electron chi connectivity index (χ1n) is 6.74. The van der Waals surface area contributed by atoms with E-state index < -0.39 is 0 Å². The van der Waals surface area contributed by atoms with E-state index in [9.17, 15) is 9.90 Å². The zero-order chi connectivity index (χ0) is 13.8. The normalized spacial score (nSPS) is 15.6. The zero-order valence-corrected chi connectivity index (χ0v) is 11.2. The van der Waals surface area contributed by atoms with E-state index in [1.165, 1.54) is 0 Å². The van der Waals surface area contributed by atoms with E-state index in [-0.39, 0.29) is 12.0 Å². The molecule has 1 aromatic rings. The molecule has 1 aromatic carbocycles. The molecule has 0 fully saturated rings. The Bertz CT molecular complexity index is 474. The molecule has 0 saturated carbocycles. The maximum Gasteiger partial charge on any atom is 0.224 e. The molecular formula is C14H21N3O2. The van der Waals surface area contributed by atoms with Crippen LogP contribution in [0, 0.1) is 0 Å². The lowest BCUT2D eigenvalue weighted by molar-refractivity contribution is -0.116. The fraction of sp³-hybridized carbons (Fsp3) is 0.500. The second kappa shape index (κ2) is 5.93. The molecular weight excluding hydrogens is 242 g/mol. The molecule has 5 N–H and O–H groups in total. The molecule has 5 nitrogen and oxygen atoms in total. The van der Waals surface area contributed by atoms with E-state index in [2.05, 4.69) is 10.6 Å². The van der Waals surface area contributed by atoms with Crippen LogP contribution >= 0.6 is 0 Å². The van der Waals surface area contributed by atoms with Crippen LogP contribution in [0.2, 0.25) is 0 Å². The molecule has 1 amide bonds. The van der Waals surface area contributed by atoms with E-state index >= 15 is 0 Å². The van der Waals surface area contributed by atoms with Crippen LogP contribution in [0.25, 0.3) is 0 Å². The Labute approximate surface area is 113 Å². The molecule has 2 rings (SSSR count).